The minimum atomic E-state index is -0.802. The normalized spacial score (nSPS) is 39.4. The predicted octanol–water partition coefficient (Wildman–Crippen LogP) is 3.53. The molecule has 1 saturated heterocycles. The van der Waals surface area contributed by atoms with Crippen molar-refractivity contribution in [2.24, 2.45) is 23.7 Å². The number of hydrogen-bond donors (Lipinski definition) is 2. The maximum Gasteiger partial charge on any atom is 0.303 e. The van der Waals surface area contributed by atoms with Gasteiger partial charge in [0.2, 0.25) is 0 Å². The van der Waals surface area contributed by atoms with E-state index in [0.717, 1.165) is 37.9 Å². The molecule has 0 aromatic carbocycles. The van der Waals surface area contributed by atoms with E-state index in [1.54, 1.807) is 0 Å². The Morgan fingerprint density at radius 1 is 1.34 bits per heavy atom. The van der Waals surface area contributed by atoms with Gasteiger partial charge in [0.25, 0.3) is 0 Å². The molecule has 1 aliphatic heterocycles. The molecule has 1 saturated carbocycles. The largest absolute Gasteiger partial charge is 0.458 e. The van der Waals surface area contributed by atoms with Crippen LogP contribution in [0.4, 0.5) is 0 Å². The highest BCUT2D eigenvalue weighted by molar-refractivity contribution is 5.66. The number of nitrogens with zero attached hydrogens (tertiary/aromatic N) is 1. The molecule has 2 N–H and O–H groups in total. The molecule has 5 heteroatoms. The Labute approximate surface area is 176 Å². The van der Waals surface area contributed by atoms with Gasteiger partial charge in [0.15, 0.2) is 0 Å². The molecule has 3 rings (SSSR count). The number of piperidine rings is 1. The van der Waals surface area contributed by atoms with E-state index in [1.807, 2.05) is 6.92 Å². The molecule has 0 radical (unpaired) electrons. The van der Waals surface area contributed by atoms with Crippen molar-refractivity contribution in [3.63, 3.8) is 0 Å². The molecule has 5 nitrogen and oxygen atoms in total. The van der Waals surface area contributed by atoms with E-state index < -0.39 is 5.60 Å². The van der Waals surface area contributed by atoms with Crippen LogP contribution in [-0.2, 0) is 9.53 Å². The molecule has 1 heterocycles. The van der Waals surface area contributed by atoms with Crippen molar-refractivity contribution < 1.29 is 19.7 Å². The second kappa shape index (κ2) is 9.49. The van der Waals surface area contributed by atoms with E-state index in [2.05, 4.69) is 24.8 Å². The summed E-state index contributed by atoms with van der Waals surface area (Å²) in [5.41, 5.74) is 0.278. The number of rotatable bonds is 6. The van der Waals surface area contributed by atoms with E-state index >= 15 is 0 Å². The van der Waals surface area contributed by atoms with Crippen LogP contribution in [0.15, 0.2) is 11.6 Å². The van der Waals surface area contributed by atoms with Crippen molar-refractivity contribution in [2.75, 3.05) is 19.7 Å². The molecule has 0 aromatic heterocycles. The summed E-state index contributed by atoms with van der Waals surface area (Å²) >= 11 is 0. The molecule has 7 atom stereocenters. The van der Waals surface area contributed by atoms with Gasteiger partial charge in [-0.2, -0.15) is 0 Å². The first-order chi connectivity index (χ1) is 13.8. The van der Waals surface area contributed by atoms with Gasteiger partial charge >= 0.3 is 5.97 Å². The molecule has 3 aliphatic rings. The van der Waals surface area contributed by atoms with Crippen molar-refractivity contribution in [2.45, 2.75) is 90.4 Å². The fraction of sp³-hybridized carbons (Fsp3) is 0.875. The molecule has 1 unspecified atom stereocenters. The Morgan fingerprint density at radius 3 is 2.79 bits per heavy atom. The van der Waals surface area contributed by atoms with Crippen molar-refractivity contribution in [1.82, 2.24) is 4.90 Å². The summed E-state index contributed by atoms with van der Waals surface area (Å²) in [6, 6.07) is 0.495. The Morgan fingerprint density at radius 2 is 2.10 bits per heavy atom. The SMILES string of the molecule is CC(=O)O[C@@H]1C[C@@]2(O)[C@H](C)CC[C@@H](C(C)CN3CCCC[C@H]3CCO)[C@H]2C=C1C. The van der Waals surface area contributed by atoms with Crippen LogP contribution in [0.2, 0.25) is 0 Å². The second-order valence-electron chi connectivity index (χ2n) is 10.0. The number of aliphatic hydroxyl groups is 2. The van der Waals surface area contributed by atoms with E-state index in [0.29, 0.717) is 24.3 Å². The van der Waals surface area contributed by atoms with Gasteiger partial charge in [-0.3, -0.25) is 4.79 Å². The Kier molecular flexibility index (Phi) is 7.45. The minimum absolute atomic E-state index is 0.120. The molecule has 2 aliphatic carbocycles. The van der Waals surface area contributed by atoms with Crippen LogP contribution in [0.5, 0.6) is 0 Å². The lowest BCUT2D eigenvalue weighted by Crippen LogP contribution is -2.56. The van der Waals surface area contributed by atoms with Crippen molar-refractivity contribution in [3.05, 3.63) is 11.6 Å². The highest BCUT2D eigenvalue weighted by atomic mass is 16.5. The summed E-state index contributed by atoms with van der Waals surface area (Å²) in [6.45, 7) is 10.4. The number of esters is 1. The monoisotopic (exact) mass is 407 g/mol. The smallest absolute Gasteiger partial charge is 0.303 e. The lowest BCUT2D eigenvalue weighted by atomic mass is 9.57. The van der Waals surface area contributed by atoms with E-state index in [1.165, 1.54) is 26.2 Å². The van der Waals surface area contributed by atoms with Crippen LogP contribution in [0.3, 0.4) is 0 Å². The fourth-order valence-corrected chi connectivity index (χ4v) is 6.28. The van der Waals surface area contributed by atoms with Gasteiger partial charge in [0.05, 0.1) is 5.60 Å². The van der Waals surface area contributed by atoms with Crippen LogP contribution in [-0.4, -0.2) is 58.5 Å². The molecule has 2 fully saturated rings. The Bertz CT molecular complexity index is 604. The van der Waals surface area contributed by atoms with Gasteiger partial charge in [-0.25, -0.2) is 0 Å². The van der Waals surface area contributed by atoms with Gasteiger partial charge in [0.1, 0.15) is 6.10 Å². The zero-order valence-electron chi connectivity index (χ0n) is 18.8. The van der Waals surface area contributed by atoms with E-state index in [4.69, 9.17) is 4.74 Å². The third-order valence-corrected chi connectivity index (χ3v) is 8.06. The lowest BCUT2D eigenvalue weighted by Gasteiger charge is -2.53. The van der Waals surface area contributed by atoms with E-state index in [9.17, 15) is 15.0 Å². The van der Waals surface area contributed by atoms with Crippen LogP contribution in [0, 0.1) is 23.7 Å². The number of carbonyl (C=O) groups excluding carboxylic acids is 1. The number of hydrogen-bond acceptors (Lipinski definition) is 5. The highest BCUT2D eigenvalue weighted by Crippen LogP contribution is 2.51. The first kappa shape index (κ1) is 22.8. The molecule has 0 bridgehead atoms. The summed E-state index contributed by atoms with van der Waals surface area (Å²) in [4.78, 5) is 14.1. The first-order valence-corrected chi connectivity index (χ1v) is 11.7. The summed E-state index contributed by atoms with van der Waals surface area (Å²) < 4.78 is 5.53. The molecule has 0 amide bonds. The summed E-state index contributed by atoms with van der Waals surface area (Å²) in [5.74, 6) is 0.955. The zero-order valence-corrected chi connectivity index (χ0v) is 18.8. The Balaban J connectivity index is 1.77. The van der Waals surface area contributed by atoms with Crippen molar-refractivity contribution in [1.29, 1.82) is 0 Å². The molecular formula is C24H41NO4. The first-order valence-electron chi connectivity index (χ1n) is 11.7. The predicted molar refractivity (Wildman–Crippen MR) is 114 cm³/mol. The fourth-order valence-electron chi connectivity index (χ4n) is 6.28. The quantitative estimate of drug-likeness (QED) is 0.521. The maximum atomic E-state index is 11.7. The molecule has 0 aromatic rings. The van der Waals surface area contributed by atoms with Gasteiger partial charge in [0, 0.05) is 38.5 Å². The average Bonchev–Trinajstić information content (AvgIpc) is 2.66. The molecular weight excluding hydrogens is 366 g/mol. The van der Waals surface area contributed by atoms with Gasteiger partial charge in [-0.1, -0.05) is 26.3 Å². The third kappa shape index (κ3) is 4.88. The lowest BCUT2D eigenvalue weighted by molar-refractivity contribution is -0.159. The standard InChI is InChI=1S/C24H41NO4/c1-16-13-22-21(17(2)15-25-11-6-5-7-20(25)10-12-26)9-8-18(3)24(22,28)14-23(16)29-19(4)27/h13,17-18,20-23,26,28H,5-12,14-15H2,1-4H3/t17?,18-,20+,21+,22-,23-,24-/m1/s1. The van der Waals surface area contributed by atoms with Crippen LogP contribution < -0.4 is 0 Å². The minimum Gasteiger partial charge on any atom is -0.458 e. The summed E-state index contributed by atoms with van der Waals surface area (Å²) in [6.07, 6.45) is 9.14. The molecule has 0 spiro atoms. The van der Waals surface area contributed by atoms with Crippen molar-refractivity contribution >= 4 is 5.97 Å². The third-order valence-electron chi connectivity index (χ3n) is 8.06. The number of fused-ring (bicyclic) bond motifs is 1. The van der Waals surface area contributed by atoms with Crippen LogP contribution in [0.1, 0.15) is 72.6 Å². The summed E-state index contributed by atoms with van der Waals surface area (Å²) in [7, 11) is 0. The zero-order chi connectivity index (χ0) is 21.2. The second-order valence-corrected chi connectivity index (χ2v) is 10.0. The molecule has 29 heavy (non-hydrogen) atoms. The maximum absolute atomic E-state index is 11.7. The van der Waals surface area contributed by atoms with E-state index in [-0.39, 0.29) is 30.5 Å². The molecule has 166 valence electrons. The number of aliphatic hydroxyl groups excluding tert-OH is 1. The van der Waals surface area contributed by atoms with Gasteiger partial charge in [-0.15, -0.1) is 0 Å². The topological polar surface area (TPSA) is 70.0 Å². The average molecular weight is 408 g/mol. The number of ether oxygens (including phenoxy) is 1. The van der Waals surface area contributed by atoms with Crippen LogP contribution >= 0.6 is 0 Å². The highest BCUT2D eigenvalue weighted by Gasteiger charge is 2.52. The number of likely N-dealkylation sites (tertiary alicyclic amines) is 1. The van der Waals surface area contributed by atoms with Crippen molar-refractivity contribution in [3.8, 4) is 0 Å². The Hall–Kier alpha value is -0.910. The number of carbonyl (C=O) groups is 1. The van der Waals surface area contributed by atoms with Crippen LogP contribution in [0.25, 0.3) is 0 Å². The summed E-state index contributed by atoms with van der Waals surface area (Å²) in [5, 5.41) is 21.2. The van der Waals surface area contributed by atoms with Gasteiger partial charge in [-0.05, 0) is 68.9 Å². The van der Waals surface area contributed by atoms with Gasteiger partial charge < -0.3 is 19.8 Å².